The van der Waals surface area contributed by atoms with E-state index in [1.54, 1.807) is 29.2 Å². The van der Waals surface area contributed by atoms with Gasteiger partial charge in [-0.15, -0.1) is 0 Å². The first-order valence-corrected chi connectivity index (χ1v) is 9.25. The monoisotopic (exact) mass is 372 g/mol. The molecule has 1 amide bonds. The number of rotatable bonds is 3. The fourth-order valence-corrected chi connectivity index (χ4v) is 3.71. The van der Waals surface area contributed by atoms with Crippen molar-refractivity contribution in [3.8, 4) is 5.75 Å². The molecule has 5 heteroatoms. The van der Waals surface area contributed by atoms with Crippen molar-refractivity contribution >= 4 is 40.3 Å². The summed E-state index contributed by atoms with van der Waals surface area (Å²) in [4.78, 5) is 19.9. The van der Waals surface area contributed by atoms with Crippen LogP contribution in [0.2, 0.25) is 0 Å². The van der Waals surface area contributed by atoms with E-state index < -0.39 is 0 Å². The number of thioether (sulfide) groups is 1. The van der Waals surface area contributed by atoms with Crippen LogP contribution >= 0.6 is 11.8 Å². The molecule has 0 spiro atoms. The number of aromatic hydroxyl groups is 1. The lowest BCUT2D eigenvalue weighted by Gasteiger charge is -2.15. The molecular formula is C22H16N2O2S. The molecule has 0 bridgehead atoms. The molecule has 0 radical (unpaired) electrons. The lowest BCUT2D eigenvalue weighted by molar-refractivity contribution is -0.113. The number of aliphatic imine (C=N–C) groups is 1. The molecule has 4 rings (SSSR count). The summed E-state index contributed by atoms with van der Waals surface area (Å²) in [6.45, 7) is 0. The quantitative estimate of drug-likeness (QED) is 0.643. The summed E-state index contributed by atoms with van der Waals surface area (Å²) in [5.74, 6) is -0.0257. The number of amides is 1. The molecule has 0 aliphatic carbocycles. The average Bonchev–Trinajstić information content (AvgIpc) is 3.00. The molecule has 1 N–H and O–H groups in total. The van der Waals surface area contributed by atoms with Gasteiger partial charge in [0.15, 0.2) is 5.17 Å². The second kappa shape index (κ2) is 7.51. The third kappa shape index (κ3) is 3.64. The molecule has 1 saturated heterocycles. The van der Waals surface area contributed by atoms with Crippen LogP contribution in [-0.4, -0.2) is 16.2 Å². The zero-order valence-corrected chi connectivity index (χ0v) is 15.1. The smallest absolute Gasteiger partial charge is 0.271 e. The fraction of sp³-hybridized carbons (Fsp3) is 0. The summed E-state index contributed by atoms with van der Waals surface area (Å²) >= 11 is 1.30. The van der Waals surface area contributed by atoms with Gasteiger partial charge >= 0.3 is 0 Å². The average molecular weight is 372 g/mol. The van der Waals surface area contributed by atoms with Crippen LogP contribution in [-0.2, 0) is 4.79 Å². The third-order valence-corrected chi connectivity index (χ3v) is 4.99. The van der Waals surface area contributed by atoms with Crippen molar-refractivity contribution < 1.29 is 9.90 Å². The maximum atomic E-state index is 13.1. The highest BCUT2D eigenvalue weighted by molar-refractivity contribution is 8.19. The van der Waals surface area contributed by atoms with Crippen LogP contribution in [0.15, 0.2) is 94.8 Å². The van der Waals surface area contributed by atoms with Crippen LogP contribution in [0.5, 0.6) is 5.75 Å². The maximum Gasteiger partial charge on any atom is 0.271 e. The van der Waals surface area contributed by atoms with Gasteiger partial charge in [-0.1, -0.05) is 54.6 Å². The van der Waals surface area contributed by atoms with Crippen LogP contribution in [0.1, 0.15) is 5.56 Å². The minimum atomic E-state index is -0.163. The number of nitrogens with zero attached hydrogens (tertiary/aromatic N) is 2. The van der Waals surface area contributed by atoms with Gasteiger partial charge in [0.25, 0.3) is 5.91 Å². The van der Waals surface area contributed by atoms with Crippen molar-refractivity contribution in [3.05, 3.63) is 95.4 Å². The predicted octanol–water partition coefficient (Wildman–Crippen LogP) is 5.20. The van der Waals surface area contributed by atoms with Crippen molar-refractivity contribution in [2.75, 3.05) is 4.90 Å². The minimum Gasteiger partial charge on any atom is -0.507 e. The molecule has 27 heavy (non-hydrogen) atoms. The SMILES string of the molecule is O=C1/C(=C\c2ccccc2O)SC(=Nc2ccccc2)N1c1ccccc1. The number of hydrogen-bond acceptors (Lipinski definition) is 4. The normalized spacial score (nSPS) is 17.0. The lowest BCUT2D eigenvalue weighted by atomic mass is 10.2. The molecule has 3 aromatic rings. The number of anilines is 1. The molecule has 1 heterocycles. The summed E-state index contributed by atoms with van der Waals surface area (Å²) in [5, 5.41) is 10.6. The molecule has 1 aliphatic rings. The van der Waals surface area contributed by atoms with Gasteiger partial charge in [-0.2, -0.15) is 0 Å². The van der Waals surface area contributed by atoms with Crippen LogP contribution in [0, 0.1) is 0 Å². The van der Waals surface area contributed by atoms with Gasteiger partial charge in [-0.05, 0) is 48.2 Å². The molecule has 0 atom stereocenters. The highest BCUT2D eigenvalue weighted by Crippen LogP contribution is 2.38. The Morgan fingerprint density at radius 1 is 0.852 bits per heavy atom. The summed E-state index contributed by atoms with van der Waals surface area (Å²) in [5.41, 5.74) is 2.13. The van der Waals surface area contributed by atoms with Crippen molar-refractivity contribution in [2.45, 2.75) is 0 Å². The van der Waals surface area contributed by atoms with Crippen LogP contribution in [0.3, 0.4) is 0 Å². The van der Waals surface area contributed by atoms with Crippen LogP contribution in [0.4, 0.5) is 11.4 Å². The lowest BCUT2D eigenvalue weighted by Crippen LogP contribution is -2.28. The molecule has 0 unspecified atom stereocenters. The molecule has 132 valence electrons. The van der Waals surface area contributed by atoms with E-state index in [2.05, 4.69) is 4.99 Å². The first-order valence-electron chi connectivity index (χ1n) is 8.43. The van der Waals surface area contributed by atoms with E-state index in [4.69, 9.17) is 0 Å². The van der Waals surface area contributed by atoms with E-state index in [0.29, 0.717) is 15.6 Å². The number of phenols is 1. The second-order valence-electron chi connectivity index (χ2n) is 5.88. The number of para-hydroxylation sites is 3. The van der Waals surface area contributed by atoms with Crippen molar-refractivity contribution in [2.24, 2.45) is 4.99 Å². The standard InChI is InChI=1S/C22H16N2O2S/c25-19-14-8-7-9-16(19)15-20-21(26)24(18-12-5-2-6-13-18)22(27-20)23-17-10-3-1-4-11-17/h1-15,25H/b20-15+,23-22?. The Bertz CT molecular complexity index is 1030. The van der Waals surface area contributed by atoms with Gasteiger partial charge in [-0.25, -0.2) is 4.99 Å². The predicted molar refractivity (Wildman–Crippen MR) is 111 cm³/mol. The van der Waals surface area contributed by atoms with Gasteiger partial charge in [0.1, 0.15) is 5.75 Å². The van der Waals surface area contributed by atoms with E-state index in [-0.39, 0.29) is 11.7 Å². The van der Waals surface area contributed by atoms with Gasteiger partial charge in [0.05, 0.1) is 16.3 Å². The molecule has 1 aliphatic heterocycles. The number of hydrogen-bond donors (Lipinski definition) is 1. The van der Waals surface area contributed by atoms with Crippen molar-refractivity contribution in [3.63, 3.8) is 0 Å². The highest BCUT2D eigenvalue weighted by atomic mass is 32.2. The maximum absolute atomic E-state index is 13.1. The Morgan fingerprint density at radius 2 is 1.48 bits per heavy atom. The van der Waals surface area contributed by atoms with Crippen LogP contribution < -0.4 is 4.90 Å². The minimum absolute atomic E-state index is 0.137. The molecule has 3 aromatic carbocycles. The Morgan fingerprint density at radius 3 is 2.19 bits per heavy atom. The van der Waals surface area contributed by atoms with E-state index >= 15 is 0 Å². The second-order valence-corrected chi connectivity index (χ2v) is 6.88. The van der Waals surface area contributed by atoms with Crippen molar-refractivity contribution in [1.82, 2.24) is 0 Å². The highest BCUT2D eigenvalue weighted by Gasteiger charge is 2.34. The third-order valence-electron chi connectivity index (χ3n) is 4.03. The van der Waals surface area contributed by atoms with Gasteiger partial charge in [0.2, 0.25) is 0 Å². The zero-order valence-electron chi connectivity index (χ0n) is 14.3. The first-order chi connectivity index (χ1) is 13.2. The van der Waals surface area contributed by atoms with Crippen molar-refractivity contribution in [1.29, 1.82) is 0 Å². The van der Waals surface area contributed by atoms with Gasteiger partial charge in [-0.3, -0.25) is 9.69 Å². The summed E-state index contributed by atoms with van der Waals surface area (Å²) < 4.78 is 0. The number of benzene rings is 3. The van der Waals surface area contributed by atoms with Gasteiger partial charge in [0, 0.05) is 5.56 Å². The Balaban J connectivity index is 1.79. The number of carbonyl (C=O) groups is 1. The molecule has 0 aromatic heterocycles. The number of amidine groups is 1. The van der Waals surface area contributed by atoms with Gasteiger partial charge < -0.3 is 5.11 Å². The molecular weight excluding hydrogens is 356 g/mol. The molecule has 4 nitrogen and oxygen atoms in total. The van der Waals surface area contributed by atoms with E-state index in [1.165, 1.54) is 11.8 Å². The van der Waals surface area contributed by atoms with Crippen LogP contribution in [0.25, 0.3) is 6.08 Å². The largest absolute Gasteiger partial charge is 0.507 e. The molecule has 1 fully saturated rings. The number of carbonyl (C=O) groups excluding carboxylic acids is 1. The zero-order chi connectivity index (χ0) is 18.6. The van der Waals surface area contributed by atoms with E-state index in [0.717, 1.165) is 11.4 Å². The Hall–Kier alpha value is -3.31. The molecule has 0 saturated carbocycles. The number of phenolic OH excluding ortho intramolecular Hbond substituents is 1. The summed E-state index contributed by atoms with van der Waals surface area (Å²) in [7, 11) is 0. The van der Waals surface area contributed by atoms with E-state index in [9.17, 15) is 9.90 Å². The topological polar surface area (TPSA) is 52.9 Å². The summed E-state index contributed by atoms with van der Waals surface area (Å²) in [6.07, 6.45) is 1.70. The fourth-order valence-electron chi connectivity index (χ4n) is 2.72. The Kier molecular flexibility index (Phi) is 4.77. The first kappa shape index (κ1) is 17.1. The van der Waals surface area contributed by atoms with E-state index in [1.807, 2.05) is 66.7 Å². The Labute approximate surface area is 161 Å². The summed E-state index contributed by atoms with van der Waals surface area (Å²) in [6, 6.07) is 25.9.